The first-order valence-electron chi connectivity index (χ1n) is 10.4. The van der Waals surface area contributed by atoms with Crippen LogP contribution in [0.15, 0.2) is 35.1 Å². The number of aromatic nitrogens is 3. The Hall–Kier alpha value is -2.19. The van der Waals surface area contributed by atoms with Gasteiger partial charge in [-0.1, -0.05) is 35.9 Å². The molecule has 1 aliphatic carbocycles. The minimum Gasteiger partial charge on any atom is -0.385 e. The quantitative estimate of drug-likeness (QED) is 0.578. The monoisotopic (exact) mass is 429 g/mol. The third-order valence-electron chi connectivity index (χ3n) is 6.22. The number of H-pyrrole nitrogens is 2. The van der Waals surface area contributed by atoms with Crippen LogP contribution in [0.25, 0.3) is 22.4 Å². The number of halogens is 1. The van der Waals surface area contributed by atoms with Crippen LogP contribution in [0.5, 0.6) is 0 Å². The molecule has 1 saturated carbocycles. The molecular formula is C22H24ClN3O4. The van der Waals surface area contributed by atoms with Crippen LogP contribution in [0.1, 0.15) is 37.7 Å². The highest BCUT2D eigenvalue weighted by atomic mass is 35.5. The zero-order valence-electron chi connectivity index (χ0n) is 16.5. The second kappa shape index (κ2) is 7.81. The van der Waals surface area contributed by atoms with Gasteiger partial charge < -0.3 is 19.6 Å². The maximum absolute atomic E-state index is 11.3. The molecule has 2 atom stereocenters. The molecule has 7 nitrogen and oxygen atoms in total. The van der Waals surface area contributed by atoms with Gasteiger partial charge >= 0.3 is 5.69 Å². The van der Waals surface area contributed by atoms with Gasteiger partial charge in [-0.05, 0) is 43.7 Å². The van der Waals surface area contributed by atoms with Crippen LogP contribution in [-0.2, 0) is 15.1 Å². The fourth-order valence-electron chi connectivity index (χ4n) is 4.31. The zero-order chi connectivity index (χ0) is 20.7. The summed E-state index contributed by atoms with van der Waals surface area (Å²) in [7, 11) is 0. The van der Waals surface area contributed by atoms with E-state index in [0.717, 1.165) is 56.4 Å². The predicted octanol–water partition coefficient (Wildman–Crippen LogP) is 3.51. The first kappa shape index (κ1) is 19.8. The average Bonchev–Trinajstić information content (AvgIpc) is 3.41. The SMILES string of the molecule is C1CC2OCCC2O1.O=c1[nH]c2cc(Cl)c(-c3ccc(C4(O)CCC4)cc3)nc2[nH]1. The summed E-state index contributed by atoms with van der Waals surface area (Å²) in [6, 6.07) is 9.31. The Morgan fingerprint density at radius 3 is 2.33 bits per heavy atom. The molecule has 0 amide bonds. The van der Waals surface area contributed by atoms with E-state index in [9.17, 15) is 9.90 Å². The molecule has 158 valence electrons. The number of rotatable bonds is 2. The predicted molar refractivity (Wildman–Crippen MR) is 114 cm³/mol. The molecule has 2 unspecified atom stereocenters. The van der Waals surface area contributed by atoms with Crippen LogP contribution in [0, 0.1) is 0 Å². The highest BCUT2D eigenvalue weighted by molar-refractivity contribution is 6.33. The first-order chi connectivity index (χ1) is 14.5. The van der Waals surface area contributed by atoms with E-state index >= 15 is 0 Å². The molecule has 2 saturated heterocycles. The number of imidazole rings is 1. The number of benzene rings is 1. The van der Waals surface area contributed by atoms with Gasteiger partial charge in [0.15, 0.2) is 5.65 Å². The summed E-state index contributed by atoms with van der Waals surface area (Å²) in [6.07, 6.45) is 5.81. The maximum Gasteiger partial charge on any atom is 0.325 e. The number of nitrogens with one attached hydrogen (secondary N) is 2. The highest BCUT2D eigenvalue weighted by Gasteiger charge is 2.36. The molecule has 8 heteroatoms. The Morgan fingerprint density at radius 2 is 1.73 bits per heavy atom. The van der Waals surface area contributed by atoms with Crippen LogP contribution in [0.3, 0.4) is 0 Å². The van der Waals surface area contributed by atoms with Crippen LogP contribution in [-0.4, -0.2) is 45.5 Å². The number of ether oxygens (including phenoxy) is 2. The number of pyridine rings is 1. The van der Waals surface area contributed by atoms with Crippen molar-refractivity contribution >= 4 is 22.8 Å². The first-order valence-corrected chi connectivity index (χ1v) is 10.7. The second-order valence-corrected chi connectivity index (χ2v) is 8.56. The van der Waals surface area contributed by atoms with Gasteiger partial charge in [0.05, 0.1) is 34.0 Å². The smallest absolute Gasteiger partial charge is 0.325 e. The van der Waals surface area contributed by atoms with Crippen molar-refractivity contribution in [2.24, 2.45) is 0 Å². The minimum absolute atomic E-state index is 0.307. The number of nitrogens with zero attached hydrogens (tertiary/aromatic N) is 1. The largest absolute Gasteiger partial charge is 0.385 e. The Labute approximate surface area is 178 Å². The van der Waals surface area contributed by atoms with Crippen molar-refractivity contribution in [1.82, 2.24) is 15.0 Å². The van der Waals surface area contributed by atoms with E-state index < -0.39 is 5.60 Å². The van der Waals surface area contributed by atoms with E-state index in [1.165, 1.54) is 0 Å². The van der Waals surface area contributed by atoms with Gasteiger partial charge in [-0.3, -0.25) is 4.98 Å². The lowest BCUT2D eigenvalue weighted by atomic mass is 9.75. The molecule has 3 aliphatic rings. The summed E-state index contributed by atoms with van der Waals surface area (Å²) < 4.78 is 10.7. The van der Waals surface area contributed by atoms with Gasteiger partial charge in [-0.2, -0.15) is 0 Å². The van der Waals surface area contributed by atoms with Crippen LogP contribution >= 0.6 is 11.6 Å². The van der Waals surface area contributed by atoms with E-state index in [1.807, 2.05) is 24.3 Å². The molecule has 6 rings (SSSR count). The Morgan fingerprint density at radius 1 is 1.07 bits per heavy atom. The number of hydrogen-bond donors (Lipinski definition) is 3. The molecule has 4 heterocycles. The molecule has 3 N–H and O–H groups in total. The number of fused-ring (bicyclic) bond motifs is 2. The summed E-state index contributed by atoms with van der Waals surface area (Å²) in [4.78, 5) is 21.0. The Balaban J connectivity index is 0.000000200. The second-order valence-electron chi connectivity index (χ2n) is 8.15. The van der Waals surface area contributed by atoms with E-state index in [0.29, 0.717) is 34.1 Å². The Bertz CT molecular complexity index is 1080. The van der Waals surface area contributed by atoms with Crippen molar-refractivity contribution in [3.8, 4) is 11.3 Å². The Kier molecular flexibility index (Phi) is 5.14. The zero-order valence-corrected chi connectivity index (χ0v) is 17.2. The van der Waals surface area contributed by atoms with Gasteiger partial charge in [-0.15, -0.1) is 0 Å². The van der Waals surface area contributed by atoms with E-state index in [1.54, 1.807) is 6.07 Å². The molecule has 0 bridgehead atoms. The van der Waals surface area contributed by atoms with Crippen molar-refractivity contribution in [2.75, 3.05) is 13.2 Å². The molecular weight excluding hydrogens is 406 g/mol. The summed E-state index contributed by atoms with van der Waals surface area (Å²) in [5.41, 5.74) is 2.46. The van der Waals surface area contributed by atoms with Crippen molar-refractivity contribution in [3.63, 3.8) is 0 Å². The van der Waals surface area contributed by atoms with Crippen molar-refractivity contribution in [3.05, 3.63) is 51.4 Å². The molecule has 3 aromatic rings. The van der Waals surface area contributed by atoms with Crippen molar-refractivity contribution in [1.29, 1.82) is 0 Å². The van der Waals surface area contributed by atoms with E-state index in [2.05, 4.69) is 15.0 Å². The number of aliphatic hydroxyl groups is 1. The lowest BCUT2D eigenvalue weighted by Gasteiger charge is -2.37. The van der Waals surface area contributed by atoms with Gasteiger partial charge in [-0.25, -0.2) is 9.78 Å². The highest BCUT2D eigenvalue weighted by Crippen LogP contribution is 2.41. The molecule has 30 heavy (non-hydrogen) atoms. The minimum atomic E-state index is -0.675. The van der Waals surface area contributed by atoms with Crippen molar-refractivity contribution < 1.29 is 14.6 Å². The summed E-state index contributed by atoms with van der Waals surface area (Å²) >= 11 is 6.27. The third kappa shape index (κ3) is 3.67. The van der Waals surface area contributed by atoms with Crippen molar-refractivity contribution in [2.45, 2.75) is 49.9 Å². The topological polar surface area (TPSA) is 100 Å². The van der Waals surface area contributed by atoms with E-state index in [-0.39, 0.29) is 5.69 Å². The maximum atomic E-state index is 11.3. The van der Waals surface area contributed by atoms with Crippen LogP contribution in [0.2, 0.25) is 5.02 Å². The van der Waals surface area contributed by atoms with Gasteiger partial charge in [0.1, 0.15) is 0 Å². The van der Waals surface area contributed by atoms with Gasteiger partial charge in [0, 0.05) is 18.8 Å². The fraction of sp³-hybridized carbons (Fsp3) is 0.455. The summed E-state index contributed by atoms with van der Waals surface area (Å²) in [5.74, 6) is 0. The van der Waals surface area contributed by atoms with Crippen LogP contribution < -0.4 is 5.69 Å². The van der Waals surface area contributed by atoms with Gasteiger partial charge in [0.25, 0.3) is 0 Å². The van der Waals surface area contributed by atoms with Crippen LogP contribution in [0.4, 0.5) is 0 Å². The van der Waals surface area contributed by atoms with Gasteiger partial charge in [0.2, 0.25) is 0 Å². The number of aromatic amines is 2. The molecule has 3 fully saturated rings. The lowest BCUT2D eigenvalue weighted by Crippen LogP contribution is -2.33. The number of hydrogen-bond acceptors (Lipinski definition) is 5. The molecule has 0 spiro atoms. The fourth-order valence-corrected chi connectivity index (χ4v) is 4.57. The molecule has 2 aromatic heterocycles. The lowest BCUT2D eigenvalue weighted by molar-refractivity contribution is -0.0387. The summed E-state index contributed by atoms with van der Waals surface area (Å²) in [6.45, 7) is 1.82. The third-order valence-corrected chi connectivity index (χ3v) is 6.50. The molecule has 2 aliphatic heterocycles. The standard InChI is InChI=1S/C16H14ClN3O2.C6H10O2/c17-11-8-12-14(20-15(21)18-12)19-13(11)9-2-4-10(5-3-9)16(22)6-1-7-16;1-3-7-6-2-4-8-5(1)6/h2-5,8,22H,1,6-7H2,(H2,18,19,20,21);5-6H,1-4H2. The summed E-state index contributed by atoms with van der Waals surface area (Å²) in [5, 5.41) is 10.8. The normalized spacial score (nSPS) is 24.2. The molecule has 1 aromatic carbocycles. The average molecular weight is 430 g/mol. The van der Waals surface area contributed by atoms with E-state index in [4.69, 9.17) is 21.1 Å². The molecule has 0 radical (unpaired) electrons.